The molecule has 0 amide bonds. The predicted molar refractivity (Wildman–Crippen MR) is 83.2 cm³/mol. The van der Waals surface area contributed by atoms with Crippen molar-refractivity contribution in [3.8, 4) is 5.75 Å². The van der Waals surface area contributed by atoms with Gasteiger partial charge < -0.3 is 10.1 Å². The van der Waals surface area contributed by atoms with Crippen LogP contribution >= 0.6 is 11.6 Å². The van der Waals surface area contributed by atoms with E-state index >= 15 is 0 Å². The second-order valence-corrected chi connectivity index (χ2v) is 4.99. The molecule has 0 saturated heterocycles. The third kappa shape index (κ3) is 3.64. The number of aryl methyl sites for hydroxylation is 1. The summed E-state index contributed by atoms with van der Waals surface area (Å²) >= 11 is 5.87. The highest BCUT2D eigenvalue weighted by atomic mass is 35.5. The number of hydrogen-bond acceptors (Lipinski definition) is 4. The van der Waals surface area contributed by atoms with E-state index in [4.69, 9.17) is 16.3 Å². The molecule has 0 radical (unpaired) electrons. The Morgan fingerprint density at radius 3 is 2.62 bits per heavy atom. The van der Waals surface area contributed by atoms with Crippen LogP contribution in [0, 0.1) is 17.0 Å². The fraction of sp³-hybridized carbons (Fsp3) is 0.200. The Bertz CT molecular complexity index is 674. The van der Waals surface area contributed by atoms with Crippen LogP contribution in [0.2, 0.25) is 5.02 Å². The molecule has 0 bridgehead atoms. The van der Waals surface area contributed by atoms with Gasteiger partial charge in [-0.2, -0.15) is 0 Å². The van der Waals surface area contributed by atoms with Gasteiger partial charge in [-0.1, -0.05) is 23.7 Å². The molecule has 6 heteroatoms. The third-order valence-corrected chi connectivity index (χ3v) is 3.40. The lowest BCUT2D eigenvalue weighted by atomic mass is 10.1. The first-order valence-electron chi connectivity index (χ1n) is 6.32. The summed E-state index contributed by atoms with van der Waals surface area (Å²) in [4.78, 5) is 10.2. The second-order valence-electron chi connectivity index (χ2n) is 4.58. The highest BCUT2D eigenvalue weighted by Gasteiger charge is 2.11. The van der Waals surface area contributed by atoms with E-state index in [-0.39, 0.29) is 10.7 Å². The molecule has 0 unspecified atom stereocenters. The summed E-state index contributed by atoms with van der Waals surface area (Å²) in [7, 11) is 1.64. The number of halogens is 1. The van der Waals surface area contributed by atoms with E-state index in [1.165, 1.54) is 6.07 Å². The van der Waals surface area contributed by atoms with Gasteiger partial charge in [0, 0.05) is 18.3 Å². The topological polar surface area (TPSA) is 64.4 Å². The van der Waals surface area contributed by atoms with Gasteiger partial charge in [0.25, 0.3) is 5.69 Å². The summed E-state index contributed by atoms with van der Waals surface area (Å²) in [6.07, 6.45) is 0. The molecular formula is C15H15ClN2O3. The normalized spacial score (nSPS) is 10.2. The average Bonchev–Trinajstić information content (AvgIpc) is 2.45. The first kappa shape index (κ1) is 15.1. The maximum atomic E-state index is 10.7. The van der Waals surface area contributed by atoms with E-state index in [0.29, 0.717) is 6.54 Å². The summed E-state index contributed by atoms with van der Waals surface area (Å²) in [6.45, 7) is 2.57. The lowest BCUT2D eigenvalue weighted by Gasteiger charge is -2.10. The Labute approximate surface area is 127 Å². The molecule has 0 aliphatic carbocycles. The highest BCUT2D eigenvalue weighted by Crippen LogP contribution is 2.27. The molecule has 0 aliphatic heterocycles. The average molecular weight is 307 g/mol. The number of rotatable bonds is 5. The van der Waals surface area contributed by atoms with E-state index in [9.17, 15) is 10.1 Å². The largest absolute Gasteiger partial charge is 0.496 e. The molecule has 1 N–H and O–H groups in total. The summed E-state index contributed by atoms with van der Waals surface area (Å²) < 4.78 is 5.21. The van der Waals surface area contributed by atoms with Crippen LogP contribution in [0.1, 0.15) is 11.1 Å². The summed E-state index contributed by atoms with van der Waals surface area (Å²) in [5, 5.41) is 14.0. The zero-order valence-corrected chi connectivity index (χ0v) is 12.5. The summed E-state index contributed by atoms with van der Waals surface area (Å²) in [5.41, 5.74) is 2.78. The minimum Gasteiger partial charge on any atom is -0.496 e. The first-order valence-corrected chi connectivity index (χ1v) is 6.70. The molecule has 0 aliphatic rings. The number of methoxy groups -OCH3 is 1. The standard InChI is InChI=1S/C15H15ClN2O3/c1-10-7-11(3-6-15(10)21-2)9-17-12-4-5-14(18(19)20)13(16)8-12/h3-8,17H,9H2,1-2H3. The van der Waals surface area contributed by atoms with Crippen LogP contribution < -0.4 is 10.1 Å². The molecule has 0 aromatic heterocycles. The maximum Gasteiger partial charge on any atom is 0.288 e. The maximum absolute atomic E-state index is 10.7. The highest BCUT2D eigenvalue weighted by molar-refractivity contribution is 6.32. The van der Waals surface area contributed by atoms with E-state index in [0.717, 1.165) is 22.6 Å². The molecule has 0 fully saturated rings. The number of ether oxygens (including phenoxy) is 1. The molecule has 2 aromatic carbocycles. The number of nitro benzene ring substituents is 1. The Morgan fingerprint density at radius 2 is 2.05 bits per heavy atom. The Kier molecular flexibility index (Phi) is 4.65. The molecule has 21 heavy (non-hydrogen) atoms. The van der Waals surface area contributed by atoms with Crippen molar-refractivity contribution in [3.63, 3.8) is 0 Å². The number of benzene rings is 2. The van der Waals surface area contributed by atoms with Gasteiger partial charge in [-0.05, 0) is 36.2 Å². The molecule has 2 rings (SSSR count). The monoisotopic (exact) mass is 306 g/mol. The van der Waals surface area contributed by atoms with Crippen LogP contribution in [-0.2, 0) is 6.54 Å². The minimum atomic E-state index is -0.501. The number of nitro groups is 1. The van der Waals surface area contributed by atoms with Gasteiger partial charge in [-0.3, -0.25) is 10.1 Å². The molecule has 2 aromatic rings. The summed E-state index contributed by atoms with van der Waals surface area (Å²) in [5.74, 6) is 0.845. The van der Waals surface area contributed by atoms with Crippen LogP contribution in [0.4, 0.5) is 11.4 Å². The summed E-state index contributed by atoms with van der Waals surface area (Å²) in [6, 6.07) is 10.5. The van der Waals surface area contributed by atoms with Gasteiger partial charge in [-0.25, -0.2) is 0 Å². The molecular weight excluding hydrogens is 292 g/mol. The molecule has 110 valence electrons. The number of nitrogens with one attached hydrogen (secondary N) is 1. The van der Waals surface area contributed by atoms with E-state index in [2.05, 4.69) is 5.32 Å². The zero-order valence-electron chi connectivity index (χ0n) is 11.7. The molecule has 5 nitrogen and oxygen atoms in total. The lowest BCUT2D eigenvalue weighted by Crippen LogP contribution is -2.00. The van der Waals surface area contributed by atoms with Crippen molar-refractivity contribution in [2.75, 3.05) is 12.4 Å². The SMILES string of the molecule is COc1ccc(CNc2ccc([N+](=O)[O-])c(Cl)c2)cc1C. The van der Waals surface area contributed by atoms with Crippen molar-refractivity contribution >= 4 is 23.0 Å². The smallest absolute Gasteiger partial charge is 0.288 e. The van der Waals surface area contributed by atoms with Crippen molar-refractivity contribution in [1.29, 1.82) is 0 Å². The van der Waals surface area contributed by atoms with Gasteiger partial charge in [0.2, 0.25) is 0 Å². The van der Waals surface area contributed by atoms with Crippen molar-refractivity contribution in [2.24, 2.45) is 0 Å². The lowest BCUT2D eigenvalue weighted by molar-refractivity contribution is -0.384. The molecule has 0 spiro atoms. The van der Waals surface area contributed by atoms with Crippen LogP contribution in [-0.4, -0.2) is 12.0 Å². The molecule has 0 atom stereocenters. The Morgan fingerprint density at radius 1 is 1.29 bits per heavy atom. The Balaban J connectivity index is 2.08. The van der Waals surface area contributed by atoms with Crippen LogP contribution in [0.25, 0.3) is 0 Å². The first-order chi connectivity index (χ1) is 10.0. The number of anilines is 1. The van der Waals surface area contributed by atoms with Crippen LogP contribution in [0.15, 0.2) is 36.4 Å². The van der Waals surface area contributed by atoms with Gasteiger partial charge in [0.1, 0.15) is 10.8 Å². The predicted octanol–water partition coefficient (Wildman–Crippen LogP) is 4.18. The second kappa shape index (κ2) is 6.45. The number of nitrogens with zero attached hydrogens (tertiary/aromatic N) is 1. The third-order valence-electron chi connectivity index (χ3n) is 3.10. The van der Waals surface area contributed by atoms with Crippen molar-refractivity contribution in [1.82, 2.24) is 0 Å². The van der Waals surface area contributed by atoms with Crippen molar-refractivity contribution in [2.45, 2.75) is 13.5 Å². The van der Waals surface area contributed by atoms with Crippen LogP contribution in [0.3, 0.4) is 0 Å². The van der Waals surface area contributed by atoms with Gasteiger partial charge in [0.05, 0.1) is 12.0 Å². The number of hydrogen-bond donors (Lipinski definition) is 1. The van der Waals surface area contributed by atoms with E-state index in [1.807, 2.05) is 25.1 Å². The zero-order chi connectivity index (χ0) is 15.4. The van der Waals surface area contributed by atoms with E-state index in [1.54, 1.807) is 19.2 Å². The van der Waals surface area contributed by atoms with Crippen molar-refractivity contribution < 1.29 is 9.66 Å². The van der Waals surface area contributed by atoms with Gasteiger partial charge in [-0.15, -0.1) is 0 Å². The fourth-order valence-electron chi connectivity index (χ4n) is 2.02. The van der Waals surface area contributed by atoms with Gasteiger partial charge >= 0.3 is 0 Å². The fourth-order valence-corrected chi connectivity index (χ4v) is 2.27. The molecule has 0 heterocycles. The van der Waals surface area contributed by atoms with Crippen LogP contribution in [0.5, 0.6) is 5.75 Å². The van der Waals surface area contributed by atoms with E-state index < -0.39 is 4.92 Å². The molecule has 0 saturated carbocycles. The Hall–Kier alpha value is -2.27. The quantitative estimate of drug-likeness (QED) is 0.665. The minimum absolute atomic E-state index is 0.0949. The van der Waals surface area contributed by atoms with Crippen molar-refractivity contribution in [3.05, 3.63) is 62.7 Å². The van der Waals surface area contributed by atoms with Gasteiger partial charge in [0.15, 0.2) is 0 Å².